The van der Waals surface area contributed by atoms with Crippen LogP contribution >= 0.6 is 15.9 Å². The van der Waals surface area contributed by atoms with Gasteiger partial charge in [-0.05, 0) is 45.8 Å². The van der Waals surface area contributed by atoms with Crippen molar-refractivity contribution in [3.63, 3.8) is 0 Å². The van der Waals surface area contributed by atoms with Crippen molar-refractivity contribution in [3.8, 4) is 0 Å². The van der Waals surface area contributed by atoms with Gasteiger partial charge in [0.25, 0.3) is 0 Å². The first-order chi connectivity index (χ1) is 9.69. The Bertz CT molecular complexity index is 794. The summed E-state index contributed by atoms with van der Waals surface area (Å²) in [5.74, 6) is -0.278. The Hall–Kier alpha value is -1.94. The van der Waals surface area contributed by atoms with Crippen LogP contribution in [-0.2, 0) is 6.54 Å². The average molecular weight is 332 g/mol. The third kappa shape index (κ3) is 2.27. The molecule has 100 valence electrons. The van der Waals surface area contributed by atoms with Gasteiger partial charge in [-0.3, -0.25) is 4.79 Å². The van der Waals surface area contributed by atoms with Gasteiger partial charge in [0.1, 0.15) is 5.82 Å². The lowest BCUT2D eigenvalue weighted by Crippen LogP contribution is -2.00. The Kier molecular flexibility index (Phi) is 3.40. The van der Waals surface area contributed by atoms with Gasteiger partial charge in [-0.15, -0.1) is 0 Å². The minimum Gasteiger partial charge on any atom is -0.342 e. The molecule has 0 aliphatic carbocycles. The fraction of sp³-hybridized carbons (Fsp3) is 0.0625. The van der Waals surface area contributed by atoms with Crippen LogP contribution < -0.4 is 0 Å². The van der Waals surface area contributed by atoms with E-state index < -0.39 is 0 Å². The molecule has 20 heavy (non-hydrogen) atoms. The molecule has 2 aromatic carbocycles. The van der Waals surface area contributed by atoms with Crippen molar-refractivity contribution < 1.29 is 9.18 Å². The molecule has 0 saturated carbocycles. The van der Waals surface area contributed by atoms with Crippen molar-refractivity contribution in [1.82, 2.24) is 4.57 Å². The van der Waals surface area contributed by atoms with Crippen molar-refractivity contribution in [3.05, 3.63) is 70.1 Å². The lowest BCUT2D eigenvalue weighted by molar-refractivity contribution is 0.112. The SMILES string of the molecule is O=Cc1cccc2ccn(Cc3ccc(F)c(Br)c3)c12. The number of carbonyl (C=O) groups is 1. The summed E-state index contributed by atoms with van der Waals surface area (Å²) < 4.78 is 15.7. The third-order valence-electron chi connectivity index (χ3n) is 3.28. The highest BCUT2D eigenvalue weighted by molar-refractivity contribution is 9.10. The number of halogens is 2. The summed E-state index contributed by atoms with van der Waals surface area (Å²) in [6.07, 6.45) is 2.80. The highest BCUT2D eigenvalue weighted by Crippen LogP contribution is 2.22. The van der Waals surface area contributed by atoms with Crippen molar-refractivity contribution in [2.24, 2.45) is 0 Å². The molecule has 2 nitrogen and oxygen atoms in total. The van der Waals surface area contributed by atoms with Crippen LogP contribution in [0.2, 0.25) is 0 Å². The van der Waals surface area contributed by atoms with Gasteiger partial charge >= 0.3 is 0 Å². The Labute approximate surface area is 124 Å². The number of aldehydes is 1. The molecule has 0 fully saturated rings. The Balaban J connectivity index is 2.06. The number of aromatic nitrogens is 1. The molecule has 0 radical (unpaired) electrons. The van der Waals surface area contributed by atoms with E-state index in [0.29, 0.717) is 16.6 Å². The van der Waals surface area contributed by atoms with Gasteiger partial charge in [-0.2, -0.15) is 0 Å². The molecule has 1 aromatic heterocycles. The van der Waals surface area contributed by atoms with E-state index in [9.17, 15) is 9.18 Å². The Morgan fingerprint density at radius 3 is 2.80 bits per heavy atom. The minimum atomic E-state index is -0.278. The third-order valence-corrected chi connectivity index (χ3v) is 3.89. The van der Waals surface area contributed by atoms with Gasteiger partial charge in [0, 0.05) is 23.7 Å². The normalized spacial score (nSPS) is 10.9. The van der Waals surface area contributed by atoms with E-state index in [1.54, 1.807) is 18.2 Å². The summed E-state index contributed by atoms with van der Waals surface area (Å²) in [5, 5.41) is 1.02. The van der Waals surface area contributed by atoms with Gasteiger partial charge in [0.15, 0.2) is 6.29 Å². The summed E-state index contributed by atoms with van der Waals surface area (Å²) in [7, 11) is 0. The van der Waals surface area contributed by atoms with Gasteiger partial charge in [0.05, 0.1) is 9.99 Å². The zero-order valence-corrected chi connectivity index (χ0v) is 12.1. The van der Waals surface area contributed by atoms with E-state index in [1.165, 1.54) is 6.07 Å². The number of benzene rings is 2. The smallest absolute Gasteiger partial charge is 0.152 e. The molecule has 0 N–H and O–H groups in total. The Morgan fingerprint density at radius 1 is 1.20 bits per heavy atom. The maximum absolute atomic E-state index is 13.2. The number of carbonyl (C=O) groups excluding carboxylic acids is 1. The standard InChI is InChI=1S/C16H11BrFNO/c17-14-8-11(4-5-15(14)18)9-19-7-6-12-2-1-3-13(10-20)16(12)19/h1-8,10H,9H2. The average Bonchev–Trinajstić information content (AvgIpc) is 2.86. The van der Waals surface area contributed by atoms with E-state index in [-0.39, 0.29) is 5.82 Å². The quantitative estimate of drug-likeness (QED) is 0.652. The van der Waals surface area contributed by atoms with Crippen LogP contribution in [0.1, 0.15) is 15.9 Å². The van der Waals surface area contributed by atoms with Gasteiger partial charge in [0.2, 0.25) is 0 Å². The van der Waals surface area contributed by atoms with Crippen LogP contribution in [0.5, 0.6) is 0 Å². The summed E-state index contributed by atoms with van der Waals surface area (Å²) in [6, 6.07) is 12.5. The molecular formula is C16H11BrFNO. The van der Waals surface area contributed by atoms with E-state index in [2.05, 4.69) is 15.9 Å². The van der Waals surface area contributed by atoms with Crippen LogP contribution in [0.15, 0.2) is 53.1 Å². The number of hydrogen-bond donors (Lipinski definition) is 0. The second kappa shape index (κ2) is 5.21. The first-order valence-corrected chi connectivity index (χ1v) is 6.95. The van der Waals surface area contributed by atoms with E-state index >= 15 is 0 Å². The van der Waals surface area contributed by atoms with Crippen LogP contribution in [0.25, 0.3) is 10.9 Å². The minimum absolute atomic E-state index is 0.278. The predicted octanol–water partition coefficient (Wildman–Crippen LogP) is 4.40. The van der Waals surface area contributed by atoms with Crippen LogP contribution in [0.4, 0.5) is 4.39 Å². The van der Waals surface area contributed by atoms with Crippen molar-refractivity contribution in [1.29, 1.82) is 0 Å². The molecule has 0 saturated heterocycles. The number of fused-ring (bicyclic) bond motifs is 1. The molecule has 0 aliphatic rings. The molecular weight excluding hydrogens is 321 g/mol. The molecule has 1 heterocycles. The fourth-order valence-corrected chi connectivity index (χ4v) is 2.78. The molecule has 0 spiro atoms. The van der Waals surface area contributed by atoms with E-state index in [1.807, 2.05) is 29.0 Å². The van der Waals surface area contributed by atoms with Crippen LogP contribution in [-0.4, -0.2) is 10.9 Å². The zero-order valence-electron chi connectivity index (χ0n) is 10.5. The summed E-state index contributed by atoms with van der Waals surface area (Å²) in [5.41, 5.74) is 2.54. The molecule has 0 unspecified atom stereocenters. The first-order valence-electron chi connectivity index (χ1n) is 6.16. The second-order valence-corrected chi connectivity index (χ2v) is 5.45. The largest absolute Gasteiger partial charge is 0.342 e. The molecule has 0 amide bonds. The number of rotatable bonds is 3. The first kappa shape index (κ1) is 13.1. The summed E-state index contributed by atoms with van der Waals surface area (Å²) in [6.45, 7) is 0.591. The highest BCUT2D eigenvalue weighted by atomic mass is 79.9. The molecule has 3 rings (SSSR count). The Morgan fingerprint density at radius 2 is 2.05 bits per heavy atom. The van der Waals surface area contributed by atoms with Crippen molar-refractivity contribution in [2.75, 3.05) is 0 Å². The van der Waals surface area contributed by atoms with Crippen molar-refractivity contribution >= 4 is 33.1 Å². The predicted molar refractivity (Wildman–Crippen MR) is 80.5 cm³/mol. The van der Waals surface area contributed by atoms with Gasteiger partial charge in [-0.25, -0.2) is 4.39 Å². The topological polar surface area (TPSA) is 22.0 Å². The molecule has 0 bridgehead atoms. The van der Waals surface area contributed by atoms with E-state index in [0.717, 1.165) is 22.8 Å². The van der Waals surface area contributed by atoms with Gasteiger partial charge < -0.3 is 4.57 Å². The lowest BCUT2D eigenvalue weighted by atomic mass is 10.1. The molecule has 0 atom stereocenters. The number of para-hydroxylation sites is 1. The lowest BCUT2D eigenvalue weighted by Gasteiger charge is -2.08. The molecule has 0 aliphatic heterocycles. The zero-order chi connectivity index (χ0) is 14.1. The molecule has 3 aromatic rings. The maximum atomic E-state index is 13.2. The van der Waals surface area contributed by atoms with Gasteiger partial charge in [-0.1, -0.05) is 18.2 Å². The van der Waals surface area contributed by atoms with Crippen molar-refractivity contribution in [2.45, 2.75) is 6.54 Å². The summed E-state index contributed by atoms with van der Waals surface area (Å²) >= 11 is 3.19. The second-order valence-electron chi connectivity index (χ2n) is 4.60. The maximum Gasteiger partial charge on any atom is 0.152 e. The monoisotopic (exact) mass is 331 g/mol. The number of hydrogen-bond acceptors (Lipinski definition) is 1. The van der Waals surface area contributed by atoms with E-state index in [4.69, 9.17) is 0 Å². The van der Waals surface area contributed by atoms with Crippen LogP contribution in [0.3, 0.4) is 0 Å². The summed E-state index contributed by atoms with van der Waals surface area (Å²) in [4.78, 5) is 11.2. The fourth-order valence-electron chi connectivity index (χ4n) is 2.35. The highest BCUT2D eigenvalue weighted by Gasteiger charge is 2.07. The van der Waals surface area contributed by atoms with Crippen LogP contribution in [0, 0.1) is 5.82 Å². The molecule has 4 heteroatoms. The number of nitrogens with zero attached hydrogens (tertiary/aromatic N) is 1.